The summed E-state index contributed by atoms with van der Waals surface area (Å²) < 4.78 is 0. The van der Waals surface area contributed by atoms with Gasteiger partial charge in [0.25, 0.3) is 0 Å². The van der Waals surface area contributed by atoms with Crippen LogP contribution in [0, 0.1) is 6.57 Å². The SMILES string of the molecule is CCP(CC)CC.[C-]#[N+]c1cccc(Cl)c1Cl.[Pt]. The average Bonchev–Trinajstić information content (AvgIpc) is 2.36. The van der Waals surface area contributed by atoms with E-state index in [2.05, 4.69) is 25.6 Å². The molecule has 0 spiro atoms. The van der Waals surface area contributed by atoms with E-state index in [-0.39, 0.29) is 21.1 Å². The molecule has 0 N–H and O–H groups in total. The van der Waals surface area contributed by atoms with E-state index in [1.54, 1.807) is 18.2 Å². The van der Waals surface area contributed by atoms with E-state index in [1.807, 2.05) is 0 Å². The molecule has 0 aliphatic rings. The van der Waals surface area contributed by atoms with Crippen molar-refractivity contribution in [3.8, 4) is 0 Å². The maximum absolute atomic E-state index is 6.66. The molecule has 0 aliphatic heterocycles. The Morgan fingerprint density at radius 1 is 1.11 bits per heavy atom. The van der Waals surface area contributed by atoms with Gasteiger partial charge in [0.2, 0.25) is 5.69 Å². The maximum atomic E-state index is 6.66. The van der Waals surface area contributed by atoms with E-state index in [9.17, 15) is 0 Å². The molecular weight excluding hydrogens is 467 g/mol. The predicted molar refractivity (Wildman–Crippen MR) is 81.3 cm³/mol. The minimum Gasteiger partial charge on any atom is -0.237 e. The van der Waals surface area contributed by atoms with E-state index in [0.29, 0.717) is 23.7 Å². The van der Waals surface area contributed by atoms with Gasteiger partial charge in [-0.05, 0) is 24.6 Å². The van der Waals surface area contributed by atoms with Crippen LogP contribution in [0.1, 0.15) is 20.8 Å². The van der Waals surface area contributed by atoms with Gasteiger partial charge in [-0.15, -0.1) is 7.92 Å². The van der Waals surface area contributed by atoms with Gasteiger partial charge in [0.1, 0.15) is 0 Å². The summed E-state index contributed by atoms with van der Waals surface area (Å²) >= 11 is 11.3. The summed E-state index contributed by atoms with van der Waals surface area (Å²) in [6.45, 7) is 13.5. The van der Waals surface area contributed by atoms with Crippen LogP contribution in [-0.4, -0.2) is 18.5 Å². The second-order valence-electron chi connectivity index (χ2n) is 3.30. The van der Waals surface area contributed by atoms with E-state index >= 15 is 0 Å². The number of rotatable bonds is 3. The summed E-state index contributed by atoms with van der Waals surface area (Å²) in [5, 5.41) is 0.759. The van der Waals surface area contributed by atoms with Crippen molar-refractivity contribution in [1.82, 2.24) is 0 Å². The van der Waals surface area contributed by atoms with Crippen LogP contribution >= 0.6 is 31.1 Å². The summed E-state index contributed by atoms with van der Waals surface area (Å²) in [7, 11) is 0.446. The quantitative estimate of drug-likeness (QED) is 0.362. The van der Waals surface area contributed by atoms with Gasteiger partial charge in [-0.25, -0.2) is 4.85 Å². The molecule has 1 rings (SSSR count). The van der Waals surface area contributed by atoms with Crippen LogP contribution < -0.4 is 0 Å². The Bertz CT molecular complexity index is 370. The molecular formula is C13H18Cl2NPPt. The van der Waals surface area contributed by atoms with Gasteiger partial charge in [-0.2, -0.15) is 0 Å². The molecule has 0 saturated carbocycles. The summed E-state index contributed by atoms with van der Waals surface area (Å²) in [6, 6.07) is 4.97. The molecule has 0 heterocycles. The first-order chi connectivity index (χ1) is 8.10. The number of halogens is 2. The predicted octanol–water partition coefficient (Wildman–Crippen LogP) is 6.07. The van der Waals surface area contributed by atoms with Crippen LogP contribution in [0.4, 0.5) is 5.69 Å². The van der Waals surface area contributed by atoms with Gasteiger partial charge in [0, 0.05) is 26.1 Å². The van der Waals surface area contributed by atoms with Crippen molar-refractivity contribution in [2.24, 2.45) is 0 Å². The standard InChI is InChI=1S/C7H3Cl2N.C6H15P.Pt/c1-10-6-4-2-3-5(8)7(6)9;1-4-7(5-2)6-3;/h2-4H;4-6H2,1-3H3;. The number of hydrogen-bond donors (Lipinski definition) is 0. The Kier molecular flexibility index (Phi) is 14.3. The van der Waals surface area contributed by atoms with Crippen molar-refractivity contribution in [2.75, 3.05) is 18.5 Å². The summed E-state index contributed by atoms with van der Waals surface area (Å²) in [4.78, 5) is 3.16. The molecule has 5 heteroatoms. The topological polar surface area (TPSA) is 4.36 Å². The molecule has 1 nitrogen and oxygen atoms in total. The Labute approximate surface area is 136 Å². The number of hydrogen-bond acceptors (Lipinski definition) is 0. The summed E-state index contributed by atoms with van der Waals surface area (Å²) in [6.07, 6.45) is 4.26. The Hall–Kier alpha value is 0.408. The molecule has 1 aromatic rings. The van der Waals surface area contributed by atoms with Crippen molar-refractivity contribution in [2.45, 2.75) is 20.8 Å². The zero-order chi connectivity index (χ0) is 13.3. The van der Waals surface area contributed by atoms with E-state index < -0.39 is 0 Å². The summed E-state index contributed by atoms with van der Waals surface area (Å²) in [5.74, 6) is 0. The Morgan fingerprint density at radius 3 is 1.89 bits per heavy atom. The second-order valence-corrected chi connectivity index (χ2v) is 7.33. The molecule has 0 aliphatic carbocycles. The van der Waals surface area contributed by atoms with Gasteiger partial charge < -0.3 is 0 Å². The van der Waals surface area contributed by atoms with Crippen molar-refractivity contribution in [3.05, 3.63) is 39.7 Å². The van der Waals surface area contributed by atoms with E-state index in [1.165, 1.54) is 18.5 Å². The zero-order valence-corrected chi connectivity index (χ0v) is 15.5. The van der Waals surface area contributed by atoms with Crippen molar-refractivity contribution in [1.29, 1.82) is 0 Å². The van der Waals surface area contributed by atoms with Crippen molar-refractivity contribution in [3.63, 3.8) is 0 Å². The molecule has 0 atom stereocenters. The van der Waals surface area contributed by atoms with E-state index in [4.69, 9.17) is 29.8 Å². The van der Waals surface area contributed by atoms with Crippen molar-refractivity contribution >= 4 is 36.8 Å². The first-order valence-electron chi connectivity index (χ1n) is 5.64. The van der Waals surface area contributed by atoms with Gasteiger partial charge in [0.15, 0.2) is 0 Å². The summed E-state index contributed by atoms with van der Waals surface area (Å²) in [5.41, 5.74) is 0.397. The normalized spacial score (nSPS) is 8.94. The number of benzene rings is 1. The Morgan fingerprint density at radius 2 is 1.61 bits per heavy atom. The molecule has 0 saturated heterocycles. The molecule has 104 valence electrons. The van der Waals surface area contributed by atoms with Gasteiger partial charge in [-0.1, -0.05) is 56.1 Å². The molecule has 0 radical (unpaired) electrons. The van der Waals surface area contributed by atoms with Crippen LogP contribution in [0.2, 0.25) is 10.0 Å². The fraction of sp³-hybridized carbons (Fsp3) is 0.462. The van der Waals surface area contributed by atoms with Crippen LogP contribution in [0.5, 0.6) is 0 Å². The second kappa shape index (κ2) is 12.4. The molecule has 0 fully saturated rings. The number of nitrogens with zero attached hydrogens (tertiary/aromatic N) is 1. The van der Waals surface area contributed by atoms with Gasteiger partial charge >= 0.3 is 0 Å². The average molecular weight is 485 g/mol. The van der Waals surface area contributed by atoms with Crippen LogP contribution in [0.15, 0.2) is 18.2 Å². The third-order valence-corrected chi connectivity index (χ3v) is 5.89. The first kappa shape index (κ1) is 20.7. The monoisotopic (exact) mass is 484 g/mol. The maximum Gasteiger partial charge on any atom is 0.206 e. The van der Waals surface area contributed by atoms with Crippen molar-refractivity contribution < 1.29 is 21.1 Å². The van der Waals surface area contributed by atoms with Gasteiger partial charge in [-0.3, -0.25) is 0 Å². The molecule has 1 aromatic carbocycles. The minimum absolute atomic E-state index is 0. The largest absolute Gasteiger partial charge is 0.237 e. The molecule has 0 bridgehead atoms. The first-order valence-corrected chi connectivity index (χ1v) is 8.29. The van der Waals surface area contributed by atoms with E-state index in [0.717, 1.165) is 0 Å². The van der Waals surface area contributed by atoms with Crippen LogP contribution in [-0.2, 0) is 21.1 Å². The third-order valence-electron chi connectivity index (χ3n) is 2.39. The fourth-order valence-corrected chi connectivity index (χ4v) is 2.93. The smallest absolute Gasteiger partial charge is 0.206 e. The minimum atomic E-state index is 0. The molecule has 0 amide bonds. The third kappa shape index (κ3) is 7.76. The molecule has 0 aromatic heterocycles. The Balaban J connectivity index is 0. The zero-order valence-electron chi connectivity index (χ0n) is 10.8. The fourth-order valence-electron chi connectivity index (χ4n) is 1.25. The molecule has 0 unspecified atom stereocenters. The molecule has 18 heavy (non-hydrogen) atoms. The van der Waals surface area contributed by atoms with Crippen LogP contribution in [0.3, 0.4) is 0 Å². The van der Waals surface area contributed by atoms with Crippen LogP contribution in [0.25, 0.3) is 4.85 Å². The van der Waals surface area contributed by atoms with Gasteiger partial charge in [0.05, 0.1) is 11.6 Å².